The number of nitro groups is 1. The minimum atomic E-state index is -4.50. The van der Waals surface area contributed by atoms with E-state index >= 15 is 0 Å². The number of carbonyl (C=O) groups excluding carboxylic acids is 2. The normalized spacial score (nSPS) is 13.3. The zero-order valence-corrected chi connectivity index (χ0v) is 15.5. The quantitative estimate of drug-likeness (QED) is 0.562. The fraction of sp³-hybridized carbons (Fsp3) is 0.263. The molecule has 2 aromatic carbocycles. The molecule has 0 aliphatic rings. The number of carbonyl (C=O) groups is 2. The summed E-state index contributed by atoms with van der Waals surface area (Å²) in [5, 5.41) is 15.7. The number of benzene rings is 2. The Balaban J connectivity index is 2.02. The molecule has 0 heterocycles. The molecule has 7 nitrogen and oxygen atoms in total. The van der Waals surface area contributed by atoms with E-state index in [-0.39, 0.29) is 16.8 Å². The van der Waals surface area contributed by atoms with Crippen LogP contribution in [-0.4, -0.2) is 22.8 Å². The van der Waals surface area contributed by atoms with Crippen LogP contribution in [0.3, 0.4) is 0 Å². The van der Waals surface area contributed by atoms with Crippen LogP contribution in [0.25, 0.3) is 0 Å². The Hall–Kier alpha value is -3.43. The third-order valence-electron chi connectivity index (χ3n) is 4.13. The number of amides is 2. The van der Waals surface area contributed by atoms with E-state index in [1.807, 2.05) is 0 Å². The van der Waals surface area contributed by atoms with Crippen molar-refractivity contribution in [1.82, 2.24) is 10.6 Å². The number of hydrogen-bond donors (Lipinski definition) is 2. The average Bonchev–Trinajstić information content (AvgIpc) is 2.67. The van der Waals surface area contributed by atoms with Gasteiger partial charge >= 0.3 is 6.18 Å². The van der Waals surface area contributed by atoms with Gasteiger partial charge in [-0.15, -0.1) is 0 Å². The Labute approximate surface area is 164 Å². The third-order valence-corrected chi connectivity index (χ3v) is 4.13. The lowest BCUT2D eigenvalue weighted by Crippen LogP contribution is -2.45. The zero-order chi connectivity index (χ0) is 21.8. The lowest BCUT2D eigenvalue weighted by atomic mass is 10.0. The molecule has 154 valence electrons. The van der Waals surface area contributed by atoms with Gasteiger partial charge in [-0.25, -0.2) is 0 Å². The molecule has 0 radical (unpaired) electrons. The fourth-order valence-corrected chi connectivity index (χ4v) is 2.51. The van der Waals surface area contributed by atoms with Gasteiger partial charge in [0.15, 0.2) is 0 Å². The van der Waals surface area contributed by atoms with Gasteiger partial charge in [0.25, 0.3) is 11.6 Å². The van der Waals surface area contributed by atoms with E-state index in [1.54, 1.807) is 0 Å². The van der Waals surface area contributed by atoms with Crippen molar-refractivity contribution in [2.24, 2.45) is 0 Å². The lowest BCUT2D eigenvalue weighted by molar-refractivity contribution is -0.384. The molecule has 0 aromatic heterocycles. The molecule has 2 unspecified atom stereocenters. The van der Waals surface area contributed by atoms with Crippen molar-refractivity contribution in [2.45, 2.75) is 32.1 Å². The van der Waals surface area contributed by atoms with Gasteiger partial charge in [0.1, 0.15) is 6.04 Å². The van der Waals surface area contributed by atoms with E-state index < -0.39 is 40.6 Å². The van der Waals surface area contributed by atoms with Crippen molar-refractivity contribution >= 4 is 17.5 Å². The van der Waals surface area contributed by atoms with Crippen LogP contribution in [0, 0.1) is 10.1 Å². The maximum Gasteiger partial charge on any atom is 0.416 e. The van der Waals surface area contributed by atoms with Crippen LogP contribution in [0.1, 0.15) is 41.4 Å². The molecule has 10 heteroatoms. The number of nitrogens with zero attached hydrogens (tertiary/aromatic N) is 1. The van der Waals surface area contributed by atoms with E-state index in [9.17, 15) is 32.9 Å². The van der Waals surface area contributed by atoms with Crippen LogP contribution in [0.2, 0.25) is 0 Å². The number of nitrogens with one attached hydrogen (secondary N) is 2. The van der Waals surface area contributed by atoms with Crippen LogP contribution in [0.4, 0.5) is 18.9 Å². The molecule has 2 aromatic rings. The summed E-state index contributed by atoms with van der Waals surface area (Å²) < 4.78 is 38.5. The van der Waals surface area contributed by atoms with Gasteiger partial charge in [-0.2, -0.15) is 13.2 Å². The van der Waals surface area contributed by atoms with Crippen LogP contribution >= 0.6 is 0 Å². The van der Waals surface area contributed by atoms with Gasteiger partial charge < -0.3 is 10.6 Å². The number of nitro benzene ring substituents is 1. The summed E-state index contributed by atoms with van der Waals surface area (Å²) >= 11 is 0. The summed E-state index contributed by atoms with van der Waals surface area (Å²) in [5.74, 6) is -1.31. The molecule has 29 heavy (non-hydrogen) atoms. The Morgan fingerprint density at radius 1 is 1.03 bits per heavy atom. The lowest BCUT2D eigenvalue weighted by Gasteiger charge is -2.19. The number of alkyl halides is 3. The molecule has 0 saturated carbocycles. The standard InChI is InChI=1S/C19H18F3N3O4/c1-11(13-5-3-7-15(9-13)19(20,21)22)23-17(26)12(2)24-18(27)14-6-4-8-16(10-14)25(28)29/h3-12H,1-2H3,(H,23,26)(H,24,27). The number of rotatable bonds is 6. The molecule has 0 bridgehead atoms. The SMILES string of the molecule is CC(NC(=O)c1cccc([N+](=O)[O-])c1)C(=O)NC(C)c1cccc(C(F)(F)F)c1. The van der Waals surface area contributed by atoms with Crippen LogP contribution in [0.5, 0.6) is 0 Å². The van der Waals surface area contributed by atoms with Crippen molar-refractivity contribution < 1.29 is 27.7 Å². The number of hydrogen-bond acceptors (Lipinski definition) is 4. The first-order valence-corrected chi connectivity index (χ1v) is 8.52. The summed E-state index contributed by atoms with van der Waals surface area (Å²) in [6.07, 6.45) is -4.50. The number of halogens is 3. The van der Waals surface area contributed by atoms with Crippen LogP contribution < -0.4 is 10.6 Å². The van der Waals surface area contributed by atoms with E-state index in [0.29, 0.717) is 0 Å². The molecule has 0 aliphatic carbocycles. The zero-order valence-electron chi connectivity index (χ0n) is 15.5. The Bertz CT molecular complexity index is 931. The van der Waals surface area contributed by atoms with Gasteiger partial charge in [-0.1, -0.05) is 18.2 Å². The molecule has 0 aliphatic heterocycles. The highest BCUT2D eigenvalue weighted by Gasteiger charge is 2.31. The predicted octanol–water partition coefficient (Wildman–Crippen LogP) is 3.61. The Morgan fingerprint density at radius 3 is 2.31 bits per heavy atom. The van der Waals surface area contributed by atoms with Gasteiger partial charge in [-0.3, -0.25) is 19.7 Å². The maximum atomic E-state index is 12.8. The smallest absolute Gasteiger partial charge is 0.348 e. The predicted molar refractivity (Wildman–Crippen MR) is 98.0 cm³/mol. The first kappa shape index (κ1) is 21.9. The van der Waals surface area contributed by atoms with E-state index in [4.69, 9.17) is 0 Å². The maximum absolute atomic E-state index is 12.8. The fourth-order valence-electron chi connectivity index (χ4n) is 2.51. The monoisotopic (exact) mass is 409 g/mol. The second-order valence-corrected chi connectivity index (χ2v) is 6.36. The Morgan fingerprint density at radius 2 is 1.69 bits per heavy atom. The highest BCUT2D eigenvalue weighted by molar-refractivity contribution is 5.97. The summed E-state index contributed by atoms with van der Waals surface area (Å²) in [6, 6.07) is 7.82. The van der Waals surface area contributed by atoms with Crippen molar-refractivity contribution in [2.75, 3.05) is 0 Å². The average molecular weight is 409 g/mol. The highest BCUT2D eigenvalue weighted by atomic mass is 19.4. The second kappa shape index (κ2) is 8.72. The summed E-state index contributed by atoms with van der Waals surface area (Å²) in [7, 11) is 0. The van der Waals surface area contributed by atoms with Gasteiger partial charge in [0.05, 0.1) is 16.5 Å². The molecular weight excluding hydrogens is 391 g/mol. The topological polar surface area (TPSA) is 101 Å². The first-order chi connectivity index (χ1) is 13.5. The molecule has 0 saturated heterocycles. The molecule has 0 fully saturated rings. The number of non-ortho nitro benzene ring substituents is 1. The third kappa shape index (κ3) is 5.77. The summed E-state index contributed by atoms with van der Waals surface area (Å²) in [5.41, 5.74) is -0.841. The molecular formula is C19H18F3N3O4. The van der Waals surface area contributed by atoms with Crippen LogP contribution in [0.15, 0.2) is 48.5 Å². The van der Waals surface area contributed by atoms with Crippen molar-refractivity contribution in [3.8, 4) is 0 Å². The van der Waals surface area contributed by atoms with Gasteiger partial charge in [0, 0.05) is 17.7 Å². The van der Waals surface area contributed by atoms with E-state index in [2.05, 4.69) is 10.6 Å². The minimum Gasteiger partial charge on any atom is -0.348 e. The minimum absolute atomic E-state index is 0.00442. The molecule has 0 spiro atoms. The Kier molecular flexibility index (Phi) is 6.57. The summed E-state index contributed by atoms with van der Waals surface area (Å²) in [4.78, 5) is 34.6. The molecule has 2 rings (SSSR count). The molecule has 2 amide bonds. The molecule has 2 N–H and O–H groups in total. The largest absolute Gasteiger partial charge is 0.416 e. The first-order valence-electron chi connectivity index (χ1n) is 8.52. The van der Waals surface area contributed by atoms with Gasteiger partial charge in [-0.05, 0) is 37.6 Å². The van der Waals surface area contributed by atoms with Crippen molar-refractivity contribution in [1.29, 1.82) is 0 Å². The van der Waals surface area contributed by atoms with E-state index in [1.165, 1.54) is 44.2 Å². The van der Waals surface area contributed by atoms with Crippen LogP contribution in [-0.2, 0) is 11.0 Å². The molecule has 2 atom stereocenters. The highest BCUT2D eigenvalue weighted by Crippen LogP contribution is 2.30. The van der Waals surface area contributed by atoms with Crippen molar-refractivity contribution in [3.63, 3.8) is 0 Å². The second-order valence-electron chi connectivity index (χ2n) is 6.36. The van der Waals surface area contributed by atoms with E-state index in [0.717, 1.165) is 18.2 Å². The van der Waals surface area contributed by atoms with Gasteiger partial charge in [0.2, 0.25) is 5.91 Å². The van der Waals surface area contributed by atoms with Crippen molar-refractivity contribution in [3.05, 3.63) is 75.3 Å². The summed E-state index contributed by atoms with van der Waals surface area (Å²) in [6.45, 7) is 2.91.